The van der Waals surface area contributed by atoms with Crippen LogP contribution in [0.15, 0.2) is 237 Å². The van der Waals surface area contributed by atoms with Gasteiger partial charge in [0.05, 0.1) is 33.2 Å². The van der Waals surface area contributed by atoms with Crippen LogP contribution in [0.3, 0.4) is 0 Å². The minimum atomic E-state index is -0.735. The first-order valence-corrected chi connectivity index (χ1v) is 21.4. The number of benzene rings is 9. The van der Waals surface area contributed by atoms with Crippen LogP contribution in [0.2, 0.25) is 0 Å². The molecule has 0 amide bonds. The maximum atomic E-state index is 5.58. The molecular formula is C58H39N5. The predicted octanol–water partition coefficient (Wildman–Crippen LogP) is 13.8. The summed E-state index contributed by atoms with van der Waals surface area (Å²) in [5.41, 5.74) is 10.8. The van der Waals surface area contributed by atoms with E-state index in [4.69, 9.17) is 15.0 Å². The standard InChI is InChI=1S/C58H39N5/c1-4-22-40(23-5-1)58(41-24-6-2-7-25-41,42-26-8-3-9-27-42)49-34-16-10-32-47(49)55-59-56(61-57(60-55)63-52-37-19-13-30-45(52)46-31-14-20-38-53(46)63)48-33-15-21-39-54(48)62-50-35-17-11-28-43(50)44-29-12-18-36-51(44)62/h1-39H. The van der Waals surface area contributed by atoms with E-state index in [1.54, 1.807) is 0 Å². The lowest BCUT2D eigenvalue weighted by Crippen LogP contribution is -2.31. The van der Waals surface area contributed by atoms with Gasteiger partial charge in [0.25, 0.3) is 0 Å². The fourth-order valence-electron chi connectivity index (χ4n) is 9.92. The second-order valence-corrected chi connectivity index (χ2v) is 15.9. The van der Waals surface area contributed by atoms with Crippen LogP contribution in [0.1, 0.15) is 22.3 Å². The first-order valence-electron chi connectivity index (χ1n) is 21.4. The Bertz CT molecular complexity index is 3420. The molecule has 0 atom stereocenters. The van der Waals surface area contributed by atoms with Crippen LogP contribution >= 0.6 is 0 Å². The van der Waals surface area contributed by atoms with Gasteiger partial charge in [-0.25, -0.2) is 4.98 Å². The molecule has 0 aliphatic carbocycles. The molecule has 0 aliphatic heterocycles. The van der Waals surface area contributed by atoms with Crippen molar-refractivity contribution in [3.05, 3.63) is 259 Å². The number of aromatic nitrogens is 5. The van der Waals surface area contributed by atoms with Crippen LogP contribution in [0.25, 0.3) is 78.0 Å². The molecule has 5 nitrogen and oxygen atoms in total. The Labute approximate surface area is 364 Å². The van der Waals surface area contributed by atoms with Crippen LogP contribution in [0.5, 0.6) is 0 Å². The van der Waals surface area contributed by atoms with Gasteiger partial charge < -0.3 is 4.57 Å². The fraction of sp³-hybridized carbons (Fsp3) is 0.0172. The average Bonchev–Trinajstić information content (AvgIpc) is 3.88. The molecule has 0 saturated heterocycles. The number of rotatable bonds is 8. The zero-order valence-corrected chi connectivity index (χ0v) is 34.3. The minimum Gasteiger partial charge on any atom is -0.309 e. The lowest BCUT2D eigenvalue weighted by Gasteiger charge is -2.38. The van der Waals surface area contributed by atoms with Gasteiger partial charge in [-0.2, -0.15) is 9.97 Å². The molecular weight excluding hydrogens is 767 g/mol. The zero-order chi connectivity index (χ0) is 41.7. The molecule has 0 aliphatic rings. The minimum absolute atomic E-state index is 0.545. The maximum absolute atomic E-state index is 5.58. The highest BCUT2D eigenvalue weighted by atomic mass is 15.2. The molecule has 0 saturated carbocycles. The second-order valence-electron chi connectivity index (χ2n) is 15.9. The summed E-state index contributed by atoms with van der Waals surface area (Å²) in [7, 11) is 0. The van der Waals surface area contributed by atoms with Crippen molar-refractivity contribution in [2.24, 2.45) is 0 Å². The molecule has 9 aromatic carbocycles. The van der Waals surface area contributed by atoms with Crippen molar-refractivity contribution in [3.8, 4) is 34.4 Å². The molecule has 3 heterocycles. The molecule has 3 aromatic heterocycles. The van der Waals surface area contributed by atoms with Crippen molar-refractivity contribution in [2.75, 3.05) is 0 Å². The van der Waals surface area contributed by atoms with Gasteiger partial charge in [-0.3, -0.25) is 4.57 Å². The van der Waals surface area contributed by atoms with Crippen LogP contribution in [-0.2, 0) is 5.41 Å². The molecule has 12 aromatic rings. The van der Waals surface area contributed by atoms with Crippen molar-refractivity contribution >= 4 is 43.6 Å². The van der Waals surface area contributed by atoms with E-state index in [0.717, 1.165) is 71.9 Å². The summed E-state index contributed by atoms with van der Waals surface area (Å²) in [5, 5.41) is 4.66. The average molecular weight is 806 g/mol. The van der Waals surface area contributed by atoms with Crippen LogP contribution in [0, 0.1) is 0 Å². The predicted molar refractivity (Wildman–Crippen MR) is 258 cm³/mol. The monoisotopic (exact) mass is 805 g/mol. The quantitative estimate of drug-likeness (QED) is 0.144. The van der Waals surface area contributed by atoms with Gasteiger partial charge in [0.15, 0.2) is 11.6 Å². The third kappa shape index (κ3) is 5.74. The molecule has 5 heteroatoms. The topological polar surface area (TPSA) is 48.5 Å². The largest absolute Gasteiger partial charge is 0.309 e. The van der Waals surface area contributed by atoms with Crippen LogP contribution < -0.4 is 0 Å². The van der Waals surface area contributed by atoms with Crippen molar-refractivity contribution in [1.29, 1.82) is 0 Å². The van der Waals surface area contributed by atoms with E-state index in [0.29, 0.717) is 17.6 Å². The molecule has 0 spiro atoms. The van der Waals surface area contributed by atoms with Gasteiger partial charge >= 0.3 is 0 Å². The third-order valence-corrected chi connectivity index (χ3v) is 12.6. The van der Waals surface area contributed by atoms with Crippen molar-refractivity contribution in [1.82, 2.24) is 24.1 Å². The third-order valence-electron chi connectivity index (χ3n) is 12.6. The Morgan fingerprint density at radius 3 is 1.11 bits per heavy atom. The van der Waals surface area contributed by atoms with Gasteiger partial charge in [0, 0.05) is 32.7 Å². The van der Waals surface area contributed by atoms with Crippen LogP contribution in [0.4, 0.5) is 0 Å². The first-order chi connectivity index (χ1) is 31.3. The van der Waals surface area contributed by atoms with E-state index >= 15 is 0 Å². The molecule has 0 radical (unpaired) electrons. The second kappa shape index (κ2) is 14.9. The van der Waals surface area contributed by atoms with Crippen molar-refractivity contribution in [2.45, 2.75) is 5.41 Å². The van der Waals surface area contributed by atoms with E-state index in [-0.39, 0.29) is 0 Å². The maximum Gasteiger partial charge on any atom is 0.238 e. The summed E-state index contributed by atoms with van der Waals surface area (Å²) in [6, 6.07) is 83.9. The zero-order valence-electron chi connectivity index (χ0n) is 34.3. The van der Waals surface area contributed by atoms with E-state index in [2.05, 4.69) is 246 Å². The Morgan fingerprint density at radius 1 is 0.286 bits per heavy atom. The van der Waals surface area contributed by atoms with Gasteiger partial charge in [-0.15, -0.1) is 0 Å². The van der Waals surface area contributed by atoms with Gasteiger partial charge in [-0.1, -0.05) is 200 Å². The summed E-state index contributed by atoms with van der Waals surface area (Å²) >= 11 is 0. The summed E-state index contributed by atoms with van der Waals surface area (Å²) in [4.78, 5) is 16.6. The number of para-hydroxylation sites is 5. The Kier molecular flexibility index (Phi) is 8.64. The van der Waals surface area contributed by atoms with Gasteiger partial charge in [0.1, 0.15) is 0 Å². The summed E-state index contributed by atoms with van der Waals surface area (Å²) < 4.78 is 4.55. The highest BCUT2D eigenvalue weighted by Crippen LogP contribution is 2.48. The summed E-state index contributed by atoms with van der Waals surface area (Å²) in [6.45, 7) is 0. The summed E-state index contributed by atoms with van der Waals surface area (Å²) in [6.07, 6.45) is 0. The van der Waals surface area contributed by atoms with Crippen molar-refractivity contribution in [3.63, 3.8) is 0 Å². The summed E-state index contributed by atoms with van der Waals surface area (Å²) in [5.74, 6) is 1.70. The van der Waals surface area contributed by atoms with E-state index < -0.39 is 5.41 Å². The number of hydrogen-bond donors (Lipinski definition) is 0. The lowest BCUT2D eigenvalue weighted by molar-refractivity contribution is 0.745. The normalized spacial score (nSPS) is 11.8. The van der Waals surface area contributed by atoms with E-state index in [1.807, 2.05) is 0 Å². The molecule has 296 valence electrons. The highest BCUT2D eigenvalue weighted by Gasteiger charge is 2.40. The Hall–Kier alpha value is -8.41. The number of hydrogen-bond acceptors (Lipinski definition) is 3. The van der Waals surface area contributed by atoms with E-state index in [1.165, 1.54) is 10.8 Å². The fourth-order valence-corrected chi connectivity index (χ4v) is 9.92. The smallest absolute Gasteiger partial charge is 0.238 e. The van der Waals surface area contributed by atoms with Gasteiger partial charge in [-0.05, 0) is 58.7 Å². The Morgan fingerprint density at radius 2 is 0.635 bits per heavy atom. The first kappa shape index (κ1) is 36.4. The SMILES string of the molecule is c1ccc(C(c2ccccc2)(c2ccccc2)c2ccccc2-c2nc(-c3ccccc3-n3c4ccccc4c4ccccc43)nc(-n3c4ccccc4c4ccccc43)n2)cc1. The molecule has 12 rings (SSSR count). The Balaban J connectivity index is 1.20. The molecule has 0 bridgehead atoms. The number of fused-ring (bicyclic) bond motifs is 6. The van der Waals surface area contributed by atoms with Crippen molar-refractivity contribution < 1.29 is 0 Å². The van der Waals surface area contributed by atoms with E-state index in [9.17, 15) is 0 Å². The highest BCUT2D eigenvalue weighted by molar-refractivity contribution is 6.10. The van der Waals surface area contributed by atoms with Crippen LogP contribution in [-0.4, -0.2) is 24.1 Å². The molecule has 0 unspecified atom stereocenters. The molecule has 0 N–H and O–H groups in total. The van der Waals surface area contributed by atoms with Gasteiger partial charge in [0.2, 0.25) is 5.95 Å². The lowest BCUT2D eigenvalue weighted by atomic mass is 9.64. The molecule has 63 heavy (non-hydrogen) atoms. The number of nitrogens with zero attached hydrogens (tertiary/aromatic N) is 5. The molecule has 0 fully saturated rings.